The smallest absolute Gasteiger partial charge is 0.262 e. The summed E-state index contributed by atoms with van der Waals surface area (Å²) in [5, 5.41) is 5.68. The average molecular weight is 363 g/mol. The van der Waals surface area contributed by atoms with Crippen LogP contribution in [0.5, 0.6) is 0 Å². The van der Waals surface area contributed by atoms with Crippen LogP contribution in [-0.2, 0) is 18.4 Å². The van der Waals surface area contributed by atoms with Gasteiger partial charge in [0.05, 0.1) is 11.1 Å². The quantitative estimate of drug-likeness (QED) is 0.559. The van der Waals surface area contributed by atoms with Gasteiger partial charge < -0.3 is 5.32 Å². The zero-order chi connectivity index (χ0) is 17.1. The highest BCUT2D eigenvalue weighted by molar-refractivity contribution is 7.99. The molecule has 0 saturated heterocycles. The van der Waals surface area contributed by atoms with Crippen LogP contribution < -0.4 is 10.9 Å². The van der Waals surface area contributed by atoms with Gasteiger partial charge in [0.1, 0.15) is 10.6 Å². The summed E-state index contributed by atoms with van der Waals surface area (Å²) in [5.74, 6) is -0.334. The molecule has 2 aromatic heterocycles. The molecule has 0 radical (unpaired) electrons. The van der Waals surface area contributed by atoms with Crippen molar-refractivity contribution >= 4 is 39.2 Å². The van der Waals surface area contributed by atoms with Crippen LogP contribution >= 0.6 is 23.1 Å². The number of amides is 1. The fraction of sp³-hybridized carbons (Fsp3) is 0.188. The zero-order valence-corrected chi connectivity index (χ0v) is 14.4. The molecule has 0 aliphatic rings. The minimum Gasteiger partial charge on any atom is -0.351 e. The normalized spacial score (nSPS) is 10.9. The number of nitrogens with zero attached hydrogens (tertiary/aromatic N) is 2. The summed E-state index contributed by atoms with van der Waals surface area (Å²) >= 11 is 2.61. The maximum absolute atomic E-state index is 12.8. The van der Waals surface area contributed by atoms with E-state index in [0.29, 0.717) is 21.9 Å². The largest absolute Gasteiger partial charge is 0.351 e. The Bertz CT molecular complexity index is 935. The lowest BCUT2D eigenvalue weighted by molar-refractivity contribution is -0.118. The molecule has 0 aliphatic carbocycles. The van der Waals surface area contributed by atoms with Crippen molar-refractivity contribution in [2.24, 2.45) is 7.05 Å². The van der Waals surface area contributed by atoms with Gasteiger partial charge >= 0.3 is 0 Å². The van der Waals surface area contributed by atoms with Gasteiger partial charge in [-0.15, -0.1) is 11.3 Å². The second-order valence-corrected chi connectivity index (χ2v) is 6.93. The molecule has 1 aromatic carbocycles. The van der Waals surface area contributed by atoms with E-state index in [2.05, 4.69) is 10.3 Å². The van der Waals surface area contributed by atoms with Crippen molar-refractivity contribution in [2.45, 2.75) is 11.7 Å². The Morgan fingerprint density at radius 2 is 2.08 bits per heavy atom. The molecule has 124 valence electrons. The van der Waals surface area contributed by atoms with Gasteiger partial charge in [-0.1, -0.05) is 23.9 Å². The number of thioether (sulfide) groups is 1. The second-order valence-electron chi connectivity index (χ2n) is 5.09. The number of carbonyl (C=O) groups excluding carboxylic acids is 1. The van der Waals surface area contributed by atoms with Gasteiger partial charge in [0.15, 0.2) is 5.16 Å². The molecule has 0 aliphatic heterocycles. The van der Waals surface area contributed by atoms with Crippen molar-refractivity contribution in [3.63, 3.8) is 0 Å². The number of nitrogens with one attached hydrogen (secondary N) is 1. The minimum atomic E-state index is -0.309. The number of hydrogen-bond donors (Lipinski definition) is 1. The number of halogens is 1. The molecule has 1 N–H and O–H groups in total. The molecule has 0 spiro atoms. The van der Waals surface area contributed by atoms with Crippen LogP contribution in [-0.4, -0.2) is 21.2 Å². The van der Waals surface area contributed by atoms with E-state index >= 15 is 0 Å². The summed E-state index contributed by atoms with van der Waals surface area (Å²) in [5.41, 5.74) is 0.704. The van der Waals surface area contributed by atoms with Crippen molar-refractivity contribution in [2.75, 3.05) is 5.75 Å². The van der Waals surface area contributed by atoms with Crippen molar-refractivity contribution in [3.8, 4) is 0 Å². The summed E-state index contributed by atoms with van der Waals surface area (Å²) in [6.07, 6.45) is 0. The Balaban J connectivity index is 1.61. The van der Waals surface area contributed by atoms with Gasteiger partial charge in [-0.3, -0.25) is 14.2 Å². The topological polar surface area (TPSA) is 64.0 Å². The number of rotatable bonds is 5. The number of aromatic nitrogens is 2. The van der Waals surface area contributed by atoms with Gasteiger partial charge in [0.2, 0.25) is 5.91 Å². The molecular formula is C16H14FN3O2S2. The van der Waals surface area contributed by atoms with Crippen LogP contribution in [0.3, 0.4) is 0 Å². The summed E-state index contributed by atoms with van der Waals surface area (Å²) in [7, 11) is 1.64. The van der Waals surface area contributed by atoms with Gasteiger partial charge in [0, 0.05) is 13.6 Å². The Hall–Kier alpha value is -2.19. The maximum Gasteiger partial charge on any atom is 0.262 e. The molecule has 3 rings (SSSR count). The van der Waals surface area contributed by atoms with Gasteiger partial charge in [-0.25, -0.2) is 9.37 Å². The lowest BCUT2D eigenvalue weighted by Crippen LogP contribution is -2.25. The van der Waals surface area contributed by atoms with E-state index in [1.54, 1.807) is 25.2 Å². The first-order valence-electron chi connectivity index (χ1n) is 7.13. The van der Waals surface area contributed by atoms with Gasteiger partial charge in [-0.2, -0.15) is 0 Å². The van der Waals surface area contributed by atoms with Crippen molar-refractivity contribution < 1.29 is 9.18 Å². The molecule has 1 amide bonds. The summed E-state index contributed by atoms with van der Waals surface area (Å²) in [4.78, 5) is 29.2. The minimum absolute atomic E-state index is 0.115. The Morgan fingerprint density at radius 1 is 1.33 bits per heavy atom. The predicted molar refractivity (Wildman–Crippen MR) is 93.8 cm³/mol. The molecule has 3 aromatic rings. The van der Waals surface area contributed by atoms with Crippen LogP contribution in [0.4, 0.5) is 4.39 Å². The zero-order valence-electron chi connectivity index (χ0n) is 12.8. The molecule has 0 fully saturated rings. The summed E-state index contributed by atoms with van der Waals surface area (Å²) < 4.78 is 14.3. The monoisotopic (exact) mass is 363 g/mol. The van der Waals surface area contributed by atoms with E-state index < -0.39 is 0 Å². The third kappa shape index (κ3) is 3.65. The van der Waals surface area contributed by atoms with Crippen molar-refractivity contribution in [3.05, 3.63) is 57.4 Å². The standard InChI is InChI=1S/C16H14FN3O2S2/c1-20-15(22)12-6-7-23-14(12)19-16(20)24-9-13(21)18-8-10-2-4-11(17)5-3-10/h2-7H,8-9H2,1H3,(H,18,21). The molecule has 2 heterocycles. The molecule has 0 unspecified atom stereocenters. The fourth-order valence-electron chi connectivity index (χ4n) is 2.09. The molecule has 0 bridgehead atoms. The first-order chi connectivity index (χ1) is 11.5. The van der Waals surface area contributed by atoms with E-state index in [0.717, 1.165) is 5.56 Å². The molecule has 5 nitrogen and oxygen atoms in total. The van der Waals surface area contributed by atoms with E-state index in [-0.39, 0.29) is 23.0 Å². The first kappa shape index (κ1) is 16.7. The lowest BCUT2D eigenvalue weighted by atomic mass is 10.2. The van der Waals surface area contributed by atoms with Crippen LogP contribution in [0, 0.1) is 5.82 Å². The summed E-state index contributed by atoms with van der Waals surface area (Å²) in [6.45, 7) is 0.329. The van der Waals surface area contributed by atoms with Crippen LogP contribution in [0.15, 0.2) is 45.7 Å². The fourth-order valence-corrected chi connectivity index (χ4v) is 3.70. The van der Waals surface area contributed by atoms with Crippen LogP contribution in [0.25, 0.3) is 10.2 Å². The van der Waals surface area contributed by atoms with Gasteiger partial charge in [-0.05, 0) is 29.1 Å². The highest BCUT2D eigenvalue weighted by Gasteiger charge is 2.11. The van der Waals surface area contributed by atoms with Gasteiger partial charge in [0.25, 0.3) is 5.56 Å². The molecule has 0 atom stereocenters. The SMILES string of the molecule is Cn1c(SCC(=O)NCc2ccc(F)cc2)nc2sccc2c1=O. The van der Waals surface area contributed by atoms with Crippen LogP contribution in [0.1, 0.15) is 5.56 Å². The Labute approximate surface area is 145 Å². The highest BCUT2D eigenvalue weighted by Crippen LogP contribution is 2.20. The Morgan fingerprint density at radius 3 is 2.83 bits per heavy atom. The lowest BCUT2D eigenvalue weighted by Gasteiger charge is -2.08. The van der Waals surface area contributed by atoms with Crippen LogP contribution in [0.2, 0.25) is 0 Å². The Kier molecular flexibility index (Phi) is 4.96. The molecular weight excluding hydrogens is 349 g/mol. The maximum atomic E-state index is 12.8. The molecule has 8 heteroatoms. The molecule has 0 saturated carbocycles. The first-order valence-corrected chi connectivity index (χ1v) is 8.99. The van der Waals surface area contributed by atoms with Crippen molar-refractivity contribution in [1.29, 1.82) is 0 Å². The number of thiophene rings is 1. The van der Waals surface area contributed by atoms with E-state index in [1.807, 2.05) is 5.38 Å². The van der Waals surface area contributed by atoms with E-state index in [4.69, 9.17) is 0 Å². The second kappa shape index (κ2) is 7.14. The number of fused-ring (bicyclic) bond motifs is 1. The van der Waals surface area contributed by atoms with E-state index in [1.165, 1.54) is 39.8 Å². The number of carbonyl (C=O) groups is 1. The van der Waals surface area contributed by atoms with E-state index in [9.17, 15) is 14.0 Å². The predicted octanol–water partition coefficient (Wildman–Crippen LogP) is 2.54. The highest BCUT2D eigenvalue weighted by atomic mass is 32.2. The third-order valence-electron chi connectivity index (χ3n) is 3.40. The van der Waals surface area contributed by atoms with Crippen molar-refractivity contribution in [1.82, 2.24) is 14.9 Å². The number of hydrogen-bond acceptors (Lipinski definition) is 5. The average Bonchev–Trinajstić information content (AvgIpc) is 3.05. The summed E-state index contributed by atoms with van der Waals surface area (Å²) in [6, 6.07) is 7.70. The number of benzene rings is 1. The third-order valence-corrected chi connectivity index (χ3v) is 5.24. The molecule has 24 heavy (non-hydrogen) atoms.